The van der Waals surface area contributed by atoms with Crippen LogP contribution in [0, 0.1) is 27.7 Å². The fourth-order valence-corrected chi connectivity index (χ4v) is 24.9. The van der Waals surface area contributed by atoms with Gasteiger partial charge in [-0.1, -0.05) is 436 Å². The number of hydrogen-bond acceptors (Lipinski definition) is 0. The van der Waals surface area contributed by atoms with Gasteiger partial charge in [0, 0.05) is 49.4 Å². The average molecular weight is 1900 g/mol. The average Bonchev–Trinajstić information content (AvgIpc) is 1.56. The van der Waals surface area contributed by atoms with E-state index in [1.54, 1.807) is 5.56 Å². The SMILES string of the molecule is Cc1cc(C)c(-c2ccc(-c3ccc4c(c3)c3ccccc3n4-c3ccc(-c4c5ccccc5c(-c5ccccc5)c5ccccc45)cc3)cc2)c(C)c1.Cc1ccc(-c2ccc3c(c2)c2ccccc2n3-c2ccc(-c3c4ccccc4c(-c4ccccc4)c4ccccc34)cc2)cc1.c1ccc(-c2c3ccccc3c(-c3ccc(-n4c5ccccc5c5cc(-c6cccc7c6CCCC7)ccc54)cc3)c3ccccc23)cc1. The summed E-state index contributed by atoms with van der Waals surface area (Å²) in [5.41, 5.74) is 44.5. The van der Waals surface area contributed by atoms with Crippen LogP contribution >= 0.6 is 0 Å². The van der Waals surface area contributed by atoms with Crippen LogP contribution in [0.2, 0.25) is 0 Å². The Hall–Kier alpha value is -18.5. The van der Waals surface area contributed by atoms with Crippen LogP contribution in [-0.2, 0) is 12.8 Å². The fourth-order valence-electron chi connectivity index (χ4n) is 24.9. The third-order valence-corrected chi connectivity index (χ3v) is 31.5. The van der Waals surface area contributed by atoms with E-state index in [1.807, 2.05) is 0 Å². The van der Waals surface area contributed by atoms with E-state index < -0.39 is 0 Å². The third kappa shape index (κ3) is 15.7. The first kappa shape index (κ1) is 89.3. The van der Waals surface area contributed by atoms with E-state index in [9.17, 15) is 0 Å². The Labute approximate surface area is 868 Å². The Morgan fingerprint density at radius 2 is 0.383 bits per heavy atom. The molecule has 0 saturated heterocycles. The van der Waals surface area contributed by atoms with Crippen molar-refractivity contribution in [1.29, 1.82) is 0 Å². The minimum absolute atomic E-state index is 1.15. The highest BCUT2D eigenvalue weighted by atomic mass is 15.0. The van der Waals surface area contributed by atoms with Crippen LogP contribution in [0.1, 0.15) is 46.2 Å². The van der Waals surface area contributed by atoms with Crippen molar-refractivity contribution in [2.45, 2.75) is 53.4 Å². The normalized spacial score (nSPS) is 12.1. The van der Waals surface area contributed by atoms with E-state index in [0.717, 1.165) is 11.4 Å². The van der Waals surface area contributed by atoms with Gasteiger partial charge in [-0.3, -0.25) is 0 Å². The van der Waals surface area contributed by atoms with Crippen molar-refractivity contribution >= 4 is 130 Å². The molecule has 25 aromatic carbocycles. The quantitative estimate of drug-likeness (QED) is 0.102. The van der Waals surface area contributed by atoms with Gasteiger partial charge in [0.1, 0.15) is 0 Å². The first-order chi connectivity index (χ1) is 73.6. The van der Waals surface area contributed by atoms with Crippen LogP contribution in [0.5, 0.6) is 0 Å². The molecule has 1 aliphatic rings. The van der Waals surface area contributed by atoms with Crippen LogP contribution in [-0.4, -0.2) is 13.7 Å². The van der Waals surface area contributed by atoms with Crippen molar-refractivity contribution in [3.05, 3.63) is 549 Å². The van der Waals surface area contributed by atoms with Gasteiger partial charge in [-0.15, -0.1) is 0 Å². The standard InChI is InChI=1S/C53H39N.C48H35N.C45H31N/c1-34-31-35(2)51(36(3)32-34)39-23-21-37(22-24-39)41-27-30-50-48(33-41)43-15-11-12-20-49(43)54(50)42-28-25-40(26-29-42)53-46-18-9-7-16-44(46)52(38-13-5-4-6-14-38)45-17-8-10-19-47(45)53;1-2-14-33(15-3-1)47-40-19-6-8-21-42(40)48(43-22-9-7-20-41(43)47)34-25-28-36(29-26-34)49-45-24-11-10-18-39(45)44-31-35(27-30-46(44)49)38-23-12-16-32-13-4-5-17-37(32)38;1-30-19-21-31(22-20-30)34-25-28-43-41(29-34)36-13-9-10-18-42(36)46(43)35-26-23-33(24-27-35)45-39-16-7-5-14-37(39)44(32-11-3-2-4-12-32)38-15-6-8-17-40(38)45/h4-33H,1-3H3;1-3,6-12,14-16,18-31H,4-5,13,17H2;2-29H,1H3. The number of nitrogens with zero attached hydrogens (tertiary/aromatic N) is 3. The summed E-state index contributed by atoms with van der Waals surface area (Å²) in [6.45, 7) is 8.74. The molecule has 3 heteroatoms. The second kappa shape index (κ2) is 37.6. The number of aromatic nitrogens is 3. The molecular weight excluding hydrogens is 1800 g/mol. The zero-order valence-corrected chi connectivity index (χ0v) is 83.7. The van der Waals surface area contributed by atoms with Crippen LogP contribution in [0.3, 0.4) is 0 Å². The Balaban J connectivity index is 0.000000110. The summed E-state index contributed by atoms with van der Waals surface area (Å²) in [5, 5.41) is 23.0. The lowest BCUT2D eigenvalue weighted by Gasteiger charge is -2.19. The van der Waals surface area contributed by atoms with Gasteiger partial charge in [0.15, 0.2) is 0 Å². The molecular formula is C146H105N3. The Morgan fingerprint density at radius 3 is 0.705 bits per heavy atom. The number of rotatable bonds is 13. The molecule has 29 rings (SSSR count). The lowest BCUT2D eigenvalue weighted by molar-refractivity contribution is 0.687. The van der Waals surface area contributed by atoms with Gasteiger partial charge < -0.3 is 13.7 Å². The van der Waals surface area contributed by atoms with Crippen LogP contribution in [0.25, 0.3) is 258 Å². The van der Waals surface area contributed by atoms with Crippen molar-refractivity contribution < 1.29 is 0 Å². The Kier molecular flexibility index (Phi) is 22.5. The van der Waals surface area contributed by atoms with Gasteiger partial charge in [-0.05, 0) is 343 Å². The minimum atomic E-state index is 1.15. The molecule has 3 aromatic heterocycles. The monoisotopic (exact) mass is 1900 g/mol. The Morgan fingerprint density at radius 1 is 0.148 bits per heavy atom. The highest BCUT2D eigenvalue weighted by molar-refractivity contribution is 6.25. The summed E-state index contributed by atoms with van der Waals surface area (Å²) in [6.07, 6.45) is 4.96. The molecule has 0 spiro atoms. The molecule has 0 bridgehead atoms. The van der Waals surface area contributed by atoms with E-state index in [0.29, 0.717) is 0 Å². The predicted octanol–water partition coefficient (Wildman–Crippen LogP) is 40.1. The lowest BCUT2D eigenvalue weighted by Crippen LogP contribution is -2.04. The minimum Gasteiger partial charge on any atom is -0.309 e. The maximum Gasteiger partial charge on any atom is 0.0541 e. The van der Waals surface area contributed by atoms with Gasteiger partial charge in [-0.25, -0.2) is 0 Å². The molecule has 0 unspecified atom stereocenters. The number of para-hydroxylation sites is 3. The molecule has 0 saturated carbocycles. The second-order valence-electron chi connectivity index (χ2n) is 40.4. The highest BCUT2D eigenvalue weighted by Gasteiger charge is 2.26. The summed E-state index contributed by atoms with van der Waals surface area (Å²) in [6, 6.07) is 190. The van der Waals surface area contributed by atoms with Gasteiger partial charge in [0.2, 0.25) is 0 Å². The van der Waals surface area contributed by atoms with Crippen molar-refractivity contribution in [1.82, 2.24) is 13.7 Å². The van der Waals surface area contributed by atoms with Crippen LogP contribution in [0.4, 0.5) is 0 Å². The smallest absolute Gasteiger partial charge is 0.0541 e. The van der Waals surface area contributed by atoms with E-state index >= 15 is 0 Å². The number of hydrogen-bond donors (Lipinski definition) is 0. The number of benzene rings is 25. The maximum absolute atomic E-state index is 2.44. The van der Waals surface area contributed by atoms with Gasteiger partial charge in [0.25, 0.3) is 0 Å². The molecule has 704 valence electrons. The zero-order chi connectivity index (χ0) is 99.3. The molecule has 1 aliphatic carbocycles. The number of fused-ring (bicyclic) bond motifs is 16. The van der Waals surface area contributed by atoms with Crippen molar-refractivity contribution in [3.63, 3.8) is 0 Å². The predicted molar refractivity (Wildman–Crippen MR) is 637 cm³/mol. The van der Waals surface area contributed by atoms with E-state index in [1.165, 1.54) is 301 Å². The summed E-state index contributed by atoms with van der Waals surface area (Å²) in [5.74, 6) is 0. The van der Waals surface area contributed by atoms with Crippen LogP contribution in [0.15, 0.2) is 516 Å². The van der Waals surface area contributed by atoms with Crippen molar-refractivity contribution in [2.75, 3.05) is 0 Å². The molecule has 0 N–H and O–H groups in total. The van der Waals surface area contributed by atoms with Gasteiger partial charge >= 0.3 is 0 Å². The molecule has 0 fully saturated rings. The molecule has 0 radical (unpaired) electrons. The second-order valence-corrected chi connectivity index (χ2v) is 40.4. The molecule has 0 aliphatic heterocycles. The largest absolute Gasteiger partial charge is 0.309 e. The zero-order valence-electron chi connectivity index (χ0n) is 83.7. The topological polar surface area (TPSA) is 14.8 Å². The highest BCUT2D eigenvalue weighted by Crippen LogP contribution is 2.51. The Bertz CT molecular complexity index is 9930. The number of aryl methyl sites for hydroxylation is 5. The van der Waals surface area contributed by atoms with Gasteiger partial charge in [0.05, 0.1) is 33.1 Å². The molecule has 0 amide bonds. The summed E-state index contributed by atoms with van der Waals surface area (Å²) >= 11 is 0. The summed E-state index contributed by atoms with van der Waals surface area (Å²) in [4.78, 5) is 0. The van der Waals surface area contributed by atoms with E-state index in [2.05, 4.69) is 557 Å². The summed E-state index contributed by atoms with van der Waals surface area (Å²) in [7, 11) is 0. The molecule has 3 heterocycles. The summed E-state index contributed by atoms with van der Waals surface area (Å²) < 4.78 is 7.26. The van der Waals surface area contributed by atoms with Gasteiger partial charge in [-0.2, -0.15) is 0 Å². The van der Waals surface area contributed by atoms with E-state index in [-0.39, 0.29) is 0 Å². The van der Waals surface area contributed by atoms with Crippen LogP contribution < -0.4 is 0 Å². The first-order valence-electron chi connectivity index (χ1n) is 52.4. The maximum atomic E-state index is 2.44. The molecule has 149 heavy (non-hydrogen) atoms. The van der Waals surface area contributed by atoms with E-state index in [4.69, 9.17) is 0 Å². The van der Waals surface area contributed by atoms with Crippen molar-refractivity contribution in [2.24, 2.45) is 0 Å². The lowest BCUT2D eigenvalue weighted by atomic mass is 9.86. The molecule has 0 atom stereocenters. The molecule has 28 aromatic rings. The first-order valence-corrected chi connectivity index (χ1v) is 52.4. The molecule has 3 nitrogen and oxygen atoms in total. The fraction of sp³-hybridized carbons (Fsp3) is 0.0548. The third-order valence-electron chi connectivity index (χ3n) is 31.5. The van der Waals surface area contributed by atoms with Crippen molar-refractivity contribution in [3.8, 4) is 128 Å².